The predicted octanol–water partition coefficient (Wildman–Crippen LogP) is 1.89. The first-order valence-electron chi connectivity index (χ1n) is 6.80. The Hall–Kier alpha value is -2.79. The van der Waals surface area contributed by atoms with Crippen LogP contribution < -0.4 is 4.80 Å². The summed E-state index contributed by atoms with van der Waals surface area (Å²) in [7, 11) is -1.67. The van der Waals surface area contributed by atoms with Crippen LogP contribution in [0.2, 0.25) is 0 Å². The number of rotatable bonds is 3. The molecule has 130 valence electrons. The van der Waals surface area contributed by atoms with Gasteiger partial charge in [-0.1, -0.05) is 11.3 Å². The van der Waals surface area contributed by atoms with Gasteiger partial charge in [-0.15, -0.1) is 0 Å². The SMILES string of the molecule is Cn1c(=NC(=O)c2ccc([N+](=O)[O-])o2)sc2cc(S(C)(=O)=O)ccc21. The first kappa shape index (κ1) is 17.0. The van der Waals surface area contributed by atoms with Crippen molar-refractivity contribution in [3.63, 3.8) is 0 Å². The van der Waals surface area contributed by atoms with Crippen molar-refractivity contribution in [2.75, 3.05) is 6.26 Å². The normalized spacial score (nSPS) is 12.6. The Balaban J connectivity index is 2.08. The molecule has 0 aliphatic heterocycles. The second-order valence-electron chi connectivity index (χ2n) is 5.16. The lowest BCUT2D eigenvalue weighted by Gasteiger charge is -1.99. The van der Waals surface area contributed by atoms with Gasteiger partial charge in [-0.2, -0.15) is 4.99 Å². The van der Waals surface area contributed by atoms with Crippen molar-refractivity contribution in [1.29, 1.82) is 0 Å². The molecule has 0 unspecified atom stereocenters. The summed E-state index contributed by atoms with van der Waals surface area (Å²) >= 11 is 1.13. The van der Waals surface area contributed by atoms with E-state index in [4.69, 9.17) is 4.42 Å². The van der Waals surface area contributed by atoms with E-state index >= 15 is 0 Å². The van der Waals surface area contributed by atoms with E-state index in [1.807, 2.05) is 0 Å². The zero-order chi connectivity index (χ0) is 18.4. The molecule has 0 saturated heterocycles. The van der Waals surface area contributed by atoms with Gasteiger partial charge in [-0.3, -0.25) is 14.9 Å². The van der Waals surface area contributed by atoms with E-state index < -0.39 is 26.6 Å². The summed E-state index contributed by atoms with van der Waals surface area (Å²) in [5.41, 5.74) is 0.703. The molecule has 2 heterocycles. The van der Waals surface area contributed by atoms with E-state index in [2.05, 4.69) is 4.99 Å². The average Bonchev–Trinajstić information content (AvgIpc) is 3.12. The van der Waals surface area contributed by atoms with E-state index in [-0.39, 0.29) is 10.7 Å². The molecule has 25 heavy (non-hydrogen) atoms. The van der Waals surface area contributed by atoms with Crippen LogP contribution in [0.25, 0.3) is 10.2 Å². The summed E-state index contributed by atoms with van der Waals surface area (Å²) in [5.74, 6) is -1.56. The van der Waals surface area contributed by atoms with Gasteiger partial charge in [0.15, 0.2) is 14.6 Å². The number of fused-ring (bicyclic) bond motifs is 1. The van der Waals surface area contributed by atoms with Crippen molar-refractivity contribution in [2.24, 2.45) is 12.0 Å². The second-order valence-corrected chi connectivity index (χ2v) is 8.18. The third-order valence-corrected chi connectivity index (χ3v) is 5.59. The minimum Gasteiger partial charge on any atom is -0.395 e. The van der Waals surface area contributed by atoms with Crippen LogP contribution in [-0.4, -0.2) is 30.1 Å². The Morgan fingerprint density at radius 2 is 2.04 bits per heavy atom. The number of aryl methyl sites for hydroxylation is 1. The molecule has 0 fully saturated rings. The summed E-state index contributed by atoms with van der Waals surface area (Å²) in [6.07, 6.45) is 1.11. The topological polar surface area (TPSA) is 125 Å². The number of benzene rings is 1. The molecule has 0 N–H and O–H groups in total. The summed E-state index contributed by atoms with van der Waals surface area (Å²) in [6.45, 7) is 0. The van der Waals surface area contributed by atoms with Crippen molar-refractivity contribution in [1.82, 2.24) is 4.57 Å². The first-order valence-corrected chi connectivity index (χ1v) is 9.50. The number of nitrogens with zero attached hydrogens (tertiary/aromatic N) is 3. The Morgan fingerprint density at radius 3 is 2.64 bits per heavy atom. The summed E-state index contributed by atoms with van der Waals surface area (Å²) in [4.78, 5) is 26.4. The van der Waals surface area contributed by atoms with Gasteiger partial charge in [-0.05, 0) is 24.3 Å². The van der Waals surface area contributed by atoms with Crippen LogP contribution in [-0.2, 0) is 16.9 Å². The number of sulfone groups is 1. The maximum Gasteiger partial charge on any atom is 0.433 e. The van der Waals surface area contributed by atoms with Crippen LogP contribution >= 0.6 is 11.3 Å². The van der Waals surface area contributed by atoms with Crippen LogP contribution in [0, 0.1) is 10.1 Å². The standard InChI is InChI=1S/C14H11N3O6S2/c1-16-9-4-3-8(25(2,21)22)7-11(9)24-14(16)15-13(18)10-5-6-12(23-10)17(19)20/h3-7H,1-2H3. The van der Waals surface area contributed by atoms with Gasteiger partial charge in [0, 0.05) is 13.3 Å². The number of hydrogen-bond acceptors (Lipinski definition) is 7. The summed E-state index contributed by atoms with van der Waals surface area (Å²) < 4.78 is 30.4. The van der Waals surface area contributed by atoms with Crippen LogP contribution in [0.3, 0.4) is 0 Å². The molecular formula is C14H11N3O6S2. The van der Waals surface area contributed by atoms with E-state index in [0.29, 0.717) is 15.0 Å². The Labute approximate surface area is 144 Å². The average molecular weight is 381 g/mol. The van der Waals surface area contributed by atoms with E-state index in [1.165, 1.54) is 18.2 Å². The van der Waals surface area contributed by atoms with Gasteiger partial charge < -0.3 is 8.98 Å². The number of furan rings is 1. The van der Waals surface area contributed by atoms with Gasteiger partial charge in [0.05, 0.1) is 21.2 Å². The molecule has 11 heteroatoms. The van der Waals surface area contributed by atoms with E-state index in [0.717, 1.165) is 23.7 Å². The van der Waals surface area contributed by atoms with Gasteiger partial charge in [-0.25, -0.2) is 8.42 Å². The van der Waals surface area contributed by atoms with Crippen molar-refractivity contribution in [3.8, 4) is 0 Å². The lowest BCUT2D eigenvalue weighted by atomic mass is 10.3. The summed E-state index contributed by atoms with van der Waals surface area (Å²) in [5, 5.41) is 10.6. The molecule has 3 aromatic rings. The highest BCUT2D eigenvalue weighted by atomic mass is 32.2. The fraction of sp³-hybridized carbons (Fsp3) is 0.143. The van der Waals surface area contributed by atoms with Crippen LogP contribution in [0.4, 0.5) is 5.88 Å². The van der Waals surface area contributed by atoms with Gasteiger partial charge >= 0.3 is 11.8 Å². The molecular weight excluding hydrogens is 370 g/mol. The van der Waals surface area contributed by atoms with Gasteiger partial charge in [0.1, 0.15) is 4.92 Å². The molecule has 0 atom stereocenters. The third kappa shape index (κ3) is 3.23. The molecule has 0 spiro atoms. The zero-order valence-corrected chi connectivity index (χ0v) is 14.6. The minimum atomic E-state index is -3.35. The number of carbonyl (C=O) groups is 1. The number of carbonyl (C=O) groups excluding carboxylic acids is 1. The molecule has 2 aromatic heterocycles. The first-order chi connectivity index (χ1) is 11.7. The number of aromatic nitrogens is 1. The largest absolute Gasteiger partial charge is 0.433 e. The van der Waals surface area contributed by atoms with Gasteiger partial charge in [0.25, 0.3) is 0 Å². The van der Waals surface area contributed by atoms with Crippen LogP contribution in [0.1, 0.15) is 10.6 Å². The number of thiazole rings is 1. The maximum absolute atomic E-state index is 12.1. The number of amides is 1. The van der Waals surface area contributed by atoms with Crippen LogP contribution in [0.5, 0.6) is 0 Å². The number of nitro groups is 1. The second kappa shape index (κ2) is 5.93. The lowest BCUT2D eigenvalue weighted by molar-refractivity contribution is -0.402. The van der Waals surface area contributed by atoms with Crippen molar-refractivity contribution < 1.29 is 22.6 Å². The fourth-order valence-electron chi connectivity index (χ4n) is 2.13. The monoisotopic (exact) mass is 381 g/mol. The molecule has 1 amide bonds. The van der Waals surface area contributed by atoms with E-state index in [1.54, 1.807) is 17.7 Å². The minimum absolute atomic E-state index is 0.168. The maximum atomic E-state index is 12.1. The molecule has 0 aliphatic rings. The fourth-order valence-corrected chi connectivity index (χ4v) is 3.91. The highest BCUT2D eigenvalue weighted by Crippen LogP contribution is 2.21. The predicted molar refractivity (Wildman–Crippen MR) is 89.2 cm³/mol. The number of hydrogen-bond donors (Lipinski definition) is 0. The quantitative estimate of drug-likeness (QED) is 0.504. The smallest absolute Gasteiger partial charge is 0.395 e. The van der Waals surface area contributed by atoms with Crippen molar-refractivity contribution >= 4 is 43.2 Å². The highest BCUT2D eigenvalue weighted by Gasteiger charge is 2.17. The molecule has 1 aromatic carbocycles. The molecule has 0 aliphatic carbocycles. The van der Waals surface area contributed by atoms with Crippen molar-refractivity contribution in [2.45, 2.75) is 4.90 Å². The molecule has 9 nitrogen and oxygen atoms in total. The molecule has 0 bridgehead atoms. The Morgan fingerprint density at radius 1 is 1.32 bits per heavy atom. The Bertz CT molecular complexity index is 1180. The third-order valence-electron chi connectivity index (χ3n) is 3.39. The van der Waals surface area contributed by atoms with Crippen molar-refractivity contribution in [3.05, 3.63) is 51.0 Å². The zero-order valence-electron chi connectivity index (χ0n) is 13.0. The molecule has 3 rings (SSSR count). The molecule has 0 saturated carbocycles. The summed E-state index contributed by atoms with van der Waals surface area (Å²) in [6, 6.07) is 6.87. The Kier molecular flexibility index (Phi) is 4.05. The molecule has 0 radical (unpaired) electrons. The lowest BCUT2D eigenvalue weighted by Crippen LogP contribution is -2.13. The van der Waals surface area contributed by atoms with E-state index in [9.17, 15) is 23.3 Å². The van der Waals surface area contributed by atoms with Gasteiger partial charge in [0.2, 0.25) is 5.76 Å². The highest BCUT2D eigenvalue weighted by molar-refractivity contribution is 7.90. The van der Waals surface area contributed by atoms with Crippen LogP contribution in [0.15, 0.2) is 44.6 Å².